The van der Waals surface area contributed by atoms with Crippen molar-refractivity contribution in [1.82, 2.24) is 0 Å². The molecule has 0 aromatic heterocycles. The molecule has 0 radical (unpaired) electrons. The van der Waals surface area contributed by atoms with Gasteiger partial charge < -0.3 is 5.11 Å². The number of anilines is 1. The second kappa shape index (κ2) is 4.53. The van der Waals surface area contributed by atoms with Crippen LogP contribution in [0, 0.1) is 0 Å². The van der Waals surface area contributed by atoms with Gasteiger partial charge in [0, 0.05) is 4.47 Å². The van der Waals surface area contributed by atoms with Gasteiger partial charge in [-0.05, 0) is 24.6 Å². The van der Waals surface area contributed by atoms with Crippen molar-refractivity contribution >= 4 is 39.3 Å². The third kappa shape index (κ3) is 1.82. The zero-order valence-corrected chi connectivity index (χ0v) is 11.1. The summed E-state index contributed by atoms with van der Waals surface area (Å²) in [6, 6.07) is 3.77. The van der Waals surface area contributed by atoms with Crippen molar-refractivity contribution in [1.29, 1.82) is 0 Å². The number of ketones is 1. The summed E-state index contributed by atoms with van der Waals surface area (Å²) in [4.78, 5) is 35.9. The predicted octanol–water partition coefficient (Wildman–Crippen LogP) is 1.84. The third-order valence-electron chi connectivity index (χ3n) is 2.86. The molecule has 0 saturated carbocycles. The van der Waals surface area contributed by atoms with Crippen LogP contribution in [0.1, 0.15) is 23.7 Å². The van der Waals surface area contributed by atoms with Crippen molar-refractivity contribution in [3.05, 3.63) is 28.2 Å². The minimum absolute atomic E-state index is 0.240. The summed E-state index contributed by atoms with van der Waals surface area (Å²) < 4.78 is 0.674. The van der Waals surface area contributed by atoms with E-state index in [1.165, 1.54) is 6.07 Å². The van der Waals surface area contributed by atoms with Gasteiger partial charge >= 0.3 is 5.97 Å². The van der Waals surface area contributed by atoms with Gasteiger partial charge in [0.15, 0.2) is 0 Å². The Morgan fingerprint density at radius 3 is 2.67 bits per heavy atom. The van der Waals surface area contributed by atoms with Crippen LogP contribution in [0.2, 0.25) is 0 Å². The highest BCUT2D eigenvalue weighted by molar-refractivity contribution is 9.10. The summed E-state index contributed by atoms with van der Waals surface area (Å²) in [6.07, 6.45) is 0.240. The van der Waals surface area contributed by atoms with Crippen molar-refractivity contribution in [3.63, 3.8) is 0 Å². The van der Waals surface area contributed by atoms with E-state index >= 15 is 0 Å². The minimum atomic E-state index is -1.12. The monoisotopic (exact) mass is 311 g/mol. The maximum absolute atomic E-state index is 11.9. The van der Waals surface area contributed by atoms with Gasteiger partial charge in [-0.25, -0.2) is 4.79 Å². The number of amides is 1. The molecule has 5 nitrogen and oxygen atoms in total. The number of fused-ring (bicyclic) bond motifs is 1. The quantitative estimate of drug-likeness (QED) is 0.864. The van der Waals surface area contributed by atoms with Crippen LogP contribution in [0.3, 0.4) is 0 Å². The molecule has 2 rings (SSSR count). The number of carboxylic acid groups (broad SMARTS) is 1. The Morgan fingerprint density at radius 2 is 2.11 bits per heavy atom. The molecule has 0 saturated heterocycles. The lowest BCUT2D eigenvalue weighted by atomic mass is 10.1. The summed E-state index contributed by atoms with van der Waals surface area (Å²) >= 11 is 3.22. The molecule has 1 aromatic rings. The van der Waals surface area contributed by atoms with E-state index in [9.17, 15) is 14.4 Å². The van der Waals surface area contributed by atoms with Crippen molar-refractivity contribution < 1.29 is 19.5 Å². The first kappa shape index (κ1) is 12.8. The van der Waals surface area contributed by atoms with Crippen LogP contribution in [0.15, 0.2) is 22.7 Å². The van der Waals surface area contributed by atoms with E-state index in [4.69, 9.17) is 5.11 Å². The number of halogens is 1. The average molecular weight is 312 g/mol. The van der Waals surface area contributed by atoms with Crippen molar-refractivity contribution in [2.45, 2.75) is 19.4 Å². The molecule has 1 unspecified atom stereocenters. The SMILES string of the molecule is CCC(C(=O)O)N1C(=O)C(=O)c2cc(Br)ccc21. The number of nitrogens with zero attached hydrogens (tertiary/aromatic N) is 1. The first-order valence-corrected chi connectivity index (χ1v) is 6.17. The van der Waals surface area contributed by atoms with E-state index < -0.39 is 23.7 Å². The molecular weight excluding hydrogens is 302 g/mol. The van der Waals surface area contributed by atoms with Gasteiger partial charge in [-0.15, -0.1) is 0 Å². The van der Waals surface area contributed by atoms with Crippen LogP contribution < -0.4 is 4.90 Å². The van der Waals surface area contributed by atoms with Crippen LogP contribution in [-0.2, 0) is 9.59 Å². The molecule has 1 heterocycles. The van der Waals surface area contributed by atoms with E-state index in [0.29, 0.717) is 10.2 Å². The highest BCUT2D eigenvalue weighted by Crippen LogP contribution is 2.33. The fourth-order valence-electron chi connectivity index (χ4n) is 2.01. The molecule has 6 heteroatoms. The van der Waals surface area contributed by atoms with E-state index in [1.54, 1.807) is 19.1 Å². The topological polar surface area (TPSA) is 74.7 Å². The summed E-state index contributed by atoms with van der Waals surface area (Å²) in [7, 11) is 0. The molecule has 1 aromatic carbocycles. The number of benzene rings is 1. The van der Waals surface area contributed by atoms with Crippen molar-refractivity contribution in [2.24, 2.45) is 0 Å². The fourth-order valence-corrected chi connectivity index (χ4v) is 2.37. The van der Waals surface area contributed by atoms with Crippen molar-refractivity contribution in [3.8, 4) is 0 Å². The lowest BCUT2D eigenvalue weighted by molar-refractivity contribution is -0.139. The van der Waals surface area contributed by atoms with Gasteiger partial charge in [-0.2, -0.15) is 0 Å². The molecule has 0 bridgehead atoms. The Balaban J connectivity index is 2.55. The van der Waals surface area contributed by atoms with Crippen LogP contribution in [-0.4, -0.2) is 28.8 Å². The number of carbonyl (C=O) groups is 3. The number of carboxylic acids is 1. The molecule has 1 atom stereocenters. The summed E-state index contributed by atoms with van der Waals surface area (Å²) in [6.45, 7) is 1.66. The van der Waals surface area contributed by atoms with Gasteiger partial charge in [-0.1, -0.05) is 22.9 Å². The largest absolute Gasteiger partial charge is 0.480 e. The molecule has 94 valence electrons. The van der Waals surface area contributed by atoms with E-state index in [2.05, 4.69) is 15.9 Å². The normalized spacial score (nSPS) is 15.8. The number of carbonyl (C=O) groups excluding carboxylic acids is 2. The lowest BCUT2D eigenvalue weighted by Crippen LogP contribution is -2.44. The van der Waals surface area contributed by atoms with Gasteiger partial charge in [0.05, 0.1) is 11.3 Å². The molecule has 1 aliphatic rings. The maximum atomic E-state index is 11.9. The Hall–Kier alpha value is -1.69. The van der Waals surface area contributed by atoms with Gasteiger partial charge in [0.25, 0.3) is 11.7 Å². The number of hydrogen-bond acceptors (Lipinski definition) is 3. The van der Waals surface area contributed by atoms with E-state index in [-0.39, 0.29) is 12.0 Å². The summed E-state index contributed by atoms with van der Waals surface area (Å²) in [5, 5.41) is 9.10. The van der Waals surface area contributed by atoms with Gasteiger partial charge in [0.2, 0.25) is 0 Å². The smallest absolute Gasteiger partial charge is 0.326 e. The van der Waals surface area contributed by atoms with Crippen LogP contribution in [0.25, 0.3) is 0 Å². The maximum Gasteiger partial charge on any atom is 0.326 e. The second-order valence-corrected chi connectivity index (χ2v) is 4.84. The number of aliphatic carboxylic acids is 1. The average Bonchev–Trinajstić information content (AvgIpc) is 2.55. The van der Waals surface area contributed by atoms with Crippen LogP contribution >= 0.6 is 15.9 Å². The highest BCUT2D eigenvalue weighted by atomic mass is 79.9. The molecule has 0 spiro atoms. The predicted molar refractivity (Wildman–Crippen MR) is 67.7 cm³/mol. The summed E-state index contributed by atoms with van der Waals surface area (Å²) in [5.74, 6) is -2.56. The third-order valence-corrected chi connectivity index (χ3v) is 3.35. The number of rotatable bonds is 3. The van der Waals surface area contributed by atoms with E-state index in [1.807, 2.05) is 0 Å². The highest BCUT2D eigenvalue weighted by Gasteiger charge is 2.41. The molecule has 1 N–H and O–H groups in total. The Morgan fingerprint density at radius 1 is 1.44 bits per heavy atom. The second-order valence-electron chi connectivity index (χ2n) is 3.93. The van der Waals surface area contributed by atoms with E-state index in [0.717, 1.165) is 4.90 Å². The standard InChI is InChI=1S/C12H10BrNO4/c1-2-8(12(17)18)14-9-4-3-6(13)5-7(9)10(15)11(14)16/h3-5,8H,2H2,1H3,(H,17,18). The number of Topliss-reactive ketones (excluding diaryl/α,β-unsaturated/α-hetero) is 1. The summed E-state index contributed by atoms with van der Waals surface area (Å²) in [5.41, 5.74) is 0.608. The minimum Gasteiger partial charge on any atom is -0.480 e. The Bertz CT molecular complexity index is 555. The zero-order valence-electron chi connectivity index (χ0n) is 9.51. The molecular formula is C12H10BrNO4. The zero-order chi connectivity index (χ0) is 13.4. The molecule has 1 aliphatic heterocycles. The Labute approximate surface area is 112 Å². The van der Waals surface area contributed by atoms with Gasteiger partial charge in [-0.3, -0.25) is 14.5 Å². The molecule has 0 fully saturated rings. The van der Waals surface area contributed by atoms with Gasteiger partial charge in [0.1, 0.15) is 6.04 Å². The lowest BCUT2D eigenvalue weighted by Gasteiger charge is -2.23. The first-order valence-electron chi connectivity index (χ1n) is 5.37. The molecule has 0 aliphatic carbocycles. The van der Waals surface area contributed by atoms with Crippen molar-refractivity contribution in [2.75, 3.05) is 4.90 Å². The first-order chi connectivity index (χ1) is 8.47. The Kier molecular flexibility index (Phi) is 3.21. The fraction of sp³-hybridized carbons (Fsp3) is 0.250. The number of hydrogen-bond donors (Lipinski definition) is 1. The van der Waals surface area contributed by atoms with Crippen LogP contribution in [0.4, 0.5) is 5.69 Å². The van der Waals surface area contributed by atoms with Crippen LogP contribution in [0.5, 0.6) is 0 Å². The molecule has 18 heavy (non-hydrogen) atoms. The molecule has 1 amide bonds.